The van der Waals surface area contributed by atoms with Gasteiger partial charge in [0.25, 0.3) is 0 Å². The molecule has 1 aromatic carbocycles. The van der Waals surface area contributed by atoms with Gasteiger partial charge in [0.1, 0.15) is 11.6 Å². The molecular weight excluding hydrogens is 219 g/mol. The van der Waals surface area contributed by atoms with Gasteiger partial charge in [0, 0.05) is 0 Å². The number of unbranched alkanes of at least 4 members (excludes halogenated alkanes) is 3. The fourth-order valence-electron chi connectivity index (χ4n) is 1.68. The van der Waals surface area contributed by atoms with Gasteiger partial charge >= 0.3 is 0 Å². The first-order valence-electron chi connectivity index (χ1n) is 6.09. The summed E-state index contributed by atoms with van der Waals surface area (Å²) in [5.41, 5.74) is 0.0583. The van der Waals surface area contributed by atoms with Gasteiger partial charge in [-0.05, 0) is 25.5 Å². The average molecular weight is 238 g/mol. The van der Waals surface area contributed by atoms with E-state index in [1.165, 1.54) is 25.8 Å². The molecule has 1 rings (SSSR count). The predicted molar refractivity (Wildman–Crippen MR) is 66.0 cm³/mol. The summed E-state index contributed by atoms with van der Waals surface area (Å²) >= 11 is 0. The first-order chi connectivity index (χ1) is 8.16. The van der Waals surface area contributed by atoms with Crippen LogP contribution in [-0.2, 0) is 0 Å². The van der Waals surface area contributed by atoms with Crippen LogP contribution in [0.15, 0.2) is 18.2 Å². The summed E-state index contributed by atoms with van der Waals surface area (Å²) in [5, 5.41) is 0. The maximum atomic E-state index is 13.4. The lowest BCUT2D eigenvalue weighted by atomic mass is 10.1. The summed E-state index contributed by atoms with van der Waals surface area (Å²) in [6.07, 6.45) is 4.37. The minimum atomic E-state index is -0.511. The largest absolute Gasteiger partial charge is 0.493 e. The van der Waals surface area contributed by atoms with E-state index in [1.807, 2.05) is 0 Å². The molecule has 0 fully saturated rings. The molecule has 0 bridgehead atoms. The van der Waals surface area contributed by atoms with E-state index < -0.39 is 5.82 Å². The molecule has 0 aliphatic carbocycles. The molecule has 2 nitrogen and oxygen atoms in total. The van der Waals surface area contributed by atoms with Crippen molar-refractivity contribution in [2.45, 2.75) is 39.5 Å². The van der Waals surface area contributed by atoms with Gasteiger partial charge in [0.15, 0.2) is 5.78 Å². The minimum Gasteiger partial charge on any atom is -0.493 e. The van der Waals surface area contributed by atoms with Crippen molar-refractivity contribution in [3.63, 3.8) is 0 Å². The normalized spacial score (nSPS) is 10.3. The number of rotatable bonds is 7. The first kappa shape index (κ1) is 13.7. The molecule has 0 unspecified atom stereocenters. The fraction of sp³-hybridized carbons (Fsp3) is 0.500. The molecule has 17 heavy (non-hydrogen) atoms. The number of hydrogen-bond acceptors (Lipinski definition) is 2. The van der Waals surface area contributed by atoms with Gasteiger partial charge in [-0.1, -0.05) is 32.3 Å². The van der Waals surface area contributed by atoms with E-state index in [-0.39, 0.29) is 11.3 Å². The van der Waals surface area contributed by atoms with Crippen LogP contribution in [0.5, 0.6) is 5.75 Å². The topological polar surface area (TPSA) is 26.3 Å². The van der Waals surface area contributed by atoms with Gasteiger partial charge in [-0.15, -0.1) is 0 Å². The zero-order valence-corrected chi connectivity index (χ0v) is 10.5. The molecule has 0 radical (unpaired) electrons. The van der Waals surface area contributed by atoms with Gasteiger partial charge in [-0.2, -0.15) is 0 Å². The molecule has 0 N–H and O–H groups in total. The van der Waals surface area contributed by atoms with Crippen molar-refractivity contribution in [2.75, 3.05) is 6.61 Å². The minimum absolute atomic E-state index is 0.0583. The summed E-state index contributed by atoms with van der Waals surface area (Å²) in [7, 11) is 0. The molecule has 0 aliphatic rings. The van der Waals surface area contributed by atoms with E-state index in [0.29, 0.717) is 12.4 Å². The van der Waals surface area contributed by atoms with Crippen molar-refractivity contribution in [3.05, 3.63) is 29.6 Å². The van der Waals surface area contributed by atoms with Crippen molar-refractivity contribution < 1.29 is 13.9 Å². The Kier molecular flexibility index (Phi) is 5.67. The van der Waals surface area contributed by atoms with Crippen molar-refractivity contribution in [1.29, 1.82) is 0 Å². The Bertz CT molecular complexity index is 374. The summed E-state index contributed by atoms with van der Waals surface area (Å²) < 4.78 is 18.9. The molecule has 1 aromatic rings. The second-order valence-electron chi connectivity index (χ2n) is 4.08. The highest BCUT2D eigenvalue weighted by molar-refractivity contribution is 5.97. The molecule has 0 spiro atoms. The second kappa shape index (κ2) is 7.05. The van der Waals surface area contributed by atoms with Crippen LogP contribution < -0.4 is 4.74 Å². The lowest BCUT2D eigenvalue weighted by Gasteiger charge is -2.10. The number of carbonyl (C=O) groups excluding carboxylic acids is 1. The van der Waals surface area contributed by atoms with Crippen molar-refractivity contribution in [1.82, 2.24) is 0 Å². The number of halogens is 1. The van der Waals surface area contributed by atoms with Gasteiger partial charge in [-0.25, -0.2) is 4.39 Å². The molecule has 0 atom stereocenters. The van der Waals surface area contributed by atoms with Crippen LogP contribution in [0.25, 0.3) is 0 Å². The number of hydrogen-bond donors (Lipinski definition) is 0. The Labute approximate surface area is 102 Å². The van der Waals surface area contributed by atoms with Crippen LogP contribution in [0.1, 0.15) is 49.9 Å². The quantitative estimate of drug-likeness (QED) is 0.530. The molecular formula is C14H19FO2. The van der Waals surface area contributed by atoms with Crippen LogP contribution in [0, 0.1) is 5.82 Å². The zero-order chi connectivity index (χ0) is 12.7. The smallest absolute Gasteiger partial charge is 0.166 e. The van der Waals surface area contributed by atoms with Crippen molar-refractivity contribution >= 4 is 5.78 Å². The van der Waals surface area contributed by atoms with Crippen LogP contribution in [-0.4, -0.2) is 12.4 Å². The van der Waals surface area contributed by atoms with Gasteiger partial charge in [0.05, 0.1) is 12.2 Å². The number of Topliss-reactive ketones (excluding diaryl/α,β-unsaturated/α-hetero) is 1. The molecule has 0 amide bonds. The third kappa shape index (κ3) is 4.17. The van der Waals surface area contributed by atoms with E-state index in [9.17, 15) is 9.18 Å². The van der Waals surface area contributed by atoms with E-state index in [2.05, 4.69) is 6.92 Å². The highest BCUT2D eigenvalue weighted by Crippen LogP contribution is 2.22. The van der Waals surface area contributed by atoms with E-state index in [0.717, 1.165) is 12.8 Å². The molecule has 3 heteroatoms. The van der Waals surface area contributed by atoms with Crippen molar-refractivity contribution in [2.24, 2.45) is 0 Å². The number of ether oxygens (including phenoxy) is 1. The molecule has 0 aromatic heterocycles. The van der Waals surface area contributed by atoms with E-state index in [1.54, 1.807) is 12.1 Å². The standard InChI is InChI=1S/C14H19FO2/c1-3-4-5-6-10-17-13-9-7-8-12(15)14(13)11(2)16/h7-9H,3-6,10H2,1-2H3. The van der Waals surface area contributed by atoms with E-state index >= 15 is 0 Å². The molecule has 94 valence electrons. The summed E-state index contributed by atoms with van der Waals surface area (Å²) in [4.78, 5) is 11.3. The molecule has 0 aliphatic heterocycles. The van der Waals surface area contributed by atoms with Crippen LogP contribution >= 0.6 is 0 Å². The Morgan fingerprint density at radius 3 is 2.71 bits per heavy atom. The SMILES string of the molecule is CCCCCCOc1cccc(F)c1C(C)=O. The third-order valence-electron chi connectivity index (χ3n) is 2.58. The lowest BCUT2D eigenvalue weighted by molar-refractivity contribution is 0.100. The summed E-state index contributed by atoms with van der Waals surface area (Å²) in [6.45, 7) is 4.02. The van der Waals surface area contributed by atoms with E-state index in [4.69, 9.17) is 4.74 Å². The zero-order valence-electron chi connectivity index (χ0n) is 10.5. The predicted octanol–water partition coefficient (Wildman–Crippen LogP) is 3.99. The second-order valence-corrected chi connectivity index (χ2v) is 4.08. The molecule has 0 saturated heterocycles. The average Bonchev–Trinajstić information content (AvgIpc) is 2.28. The summed E-state index contributed by atoms with van der Waals surface area (Å²) in [5.74, 6) is -0.454. The Morgan fingerprint density at radius 2 is 2.06 bits per heavy atom. The van der Waals surface area contributed by atoms with Crippen LogP contribution in [0.3, 0.4) is 0 Å². The highest BCUT2D eigenvalue weighted by atomic mass is 19.1. The highest BCUT2D eigenvalue weighted by Gasteiger charge is 2.13. The van der Waals surface area contributed by atoms with Crippen molar-refractivity contribution in [3.8, 4) is 5.75 Å². The van der Waals surface area contributed by atoms with Crippen LogP contribution in [0.4, 0.5) is 4.39 Å². The maximum Gasteiger partial charge on any atom is 0.166 e. The van der Waals surface area contributed by atoms with Crippen LogP contribution in [0.2, 0.25) is 0 Å². The Balaban J connectivity index is 2.58. The monoisotopic (exact) mass is 238 g/mol. The number of ketones is 1. The fourth-order valence-corrected chi connectivity index (χ4v) is 1.68. The van der Waals surface area contributed by atoms with Gasteiger partial charge in [0.2, 0.25) is 0 Å². The number of carbonyl (C=O) groups is 1. The first-order valence-corrected chi connectivity index (χ1v) is 6.09. The summed E-state index contributed by atoms with van der Waals surface area (Å²) in [6, 6.07) is 4.48. The third-order valence-corrected chi connectivity index (χ3v) is 2.58. The maximum absolute atomic E-state index is 13.4. The Morgan fingerprint density at radius 1 is 1.29 bits per heavy atom. The van der Waals surface area contributed by atoms with Gasteiger partial charge < -0.3 is 4.74 Å². The Hall–Kier alpha value is -1.38. The molecule has 0 saturated carbocycles. The number of benzene rings is 1. The molecule has 0 heterocycles. The van der Waals surface area contributed by atoms with Gasteiger partial charge in [-0.3, -0.25) is 4.79 Å². The lowest BCUT2D eigenvalue weighted by Crippen LogP contribution is -2.05.